The summed E-state index contributed by atoms with van der Waals surface area (Å²) < 4.78 is 7.96. The minimum Gasteiger partial charge on any atom is -0.462 e. The van der Waals surface area contributed by atoms with Gasteiger partial charge in [-0.2, -0.15) is 5.10 Å². The van der Waals surface area contributed by atoms with Gasteiger partial charge in [-0.15, -0.1) is 10.2 Å². The van der Waals surface area contributed by atoms with Gasteiger partial charge in [0.25, 0.3) is 5.56 Å². The first-order valence-electron chi connectivity index (χ1n) is 8.51. The number of hydrogen-bond donors (Lipinski definition) is 0. The molecule has 0 radical (unpaired) electrons. The maximum absolute atomic E-state index is 13.0. The SMILES string of the molecule is CCOC(=O)c1cnn2c1nnc1c(=O)n(-c3cc(C)cc(C)c3)ccc12. The lowest BCUT2D eigenvalue weighted by atomic mass is 10.1. The number of aromatic nitrogens is 5. The highest BCUT2D eigenvalue weighted by Crippen LogP contribution is 2.16. The fourth-order valence-electron chi connectivity index (χ4n) is 3.14. The fraction of sp³-hybridized carbons (Fsp3) is 0.211. The van der Waals surface area contributed by atoms with Gasteiger partial charge in [0.1, 0.15) is 11.1 Å². The largest absolute Gasteiger partial charge is 0.462 e. The summed E-state index contributed by atoms with van der Waals surface area (Å²) in [6, 6.07) is 7.63. The molecule has 4 aromatic rings. The number of fused-ring (bicyclic) bond motifs is 3. The molecule has 136 valence electrons. The number of pyridine rings is 1. The van der Waals surface area contributed by atoms with Gasteiger partial charge in [-0.05, 0) is 50.1 Å². The van der Waals surface area contributed by atoms with Crippen LogP contribution in [0.2, 0.25) is 0 Å². The van der Waals surface area contributed by atoms with E-state index in [2.05, 4.69) is 15.3 Å². The number of rotatable bonds is 3. The maximum Gasteiger partial charge on any atom is 0.343 e. The summed E-state index contributed by atoms with van der Waals surface area (Å²) in [7, 11) is 0. The van der Waals surface area contributed by atoms with E-state index in [1.807, 2.05) is 32.0 Å². The Morgan fingerprint density at radius 3 is 2.59 bits per heavy atom. The number of esters is 1. The van der Waals surface area contributed by atoms with E-state index in [9.17, 15) is 9.59 Å². The maximum atomic E-state index is 13.0. The first-order valence-corrected chi connectivity index (χ1v) is 8.51. The zero-order chi connectivity index (χ0) is 19.1. The van der Waals surface area contributed by atoms with Crippen LogP contribution >= 0.6 is 0 Å². The molecule has 0 unspecified atom stereocenters. The average Bonchev–Trinajstić information content (AvgIpc) is 3.06. The smallest absolute Gasteiger partial charge is 0.343 e. The molecule has 0 fully saturated rings. The minimum atomic E-state index is -0.523. The highest BCUT2D eigenvalue weighted by atomic mass is 16.5. The van der Waals surface area contributed by atoms with Crippen molar-refractivity contribution in [2.24, 2.45) is 0 Å². The molecule has 4 rings (SSSR count). The van der Waals surface area contributed by atoms with E-state index in [1.165, 1.54) is 15.3 Å². The molecule has 0 amide bonds. The van der Waals surface area contributed by atoms with Crippen molar-refractivity contribution in [1.82, 2.24) is 24.4 Å². The molecular weight excluding hydrogens is 346 g/mol. The lowest BCUT2D eigenvalue weighted by Gasteiger charge is -2.09. The van der Waals surface area contributed by atoms with Crippen LogP contribution < -0.4 is 5.56 Å². The summed E-state index contributed by atoms with van der Waals surface area (Å²) >= 11 is 0. The van der Waals surface area contributed by atoms with E-state index >= 15 is 0 Å². The first-order chi connectivity index (χ1) is 13.0. The van der Waals surface area contributed by atoms with Crippen molar-refractivity contribution in [3.05, 3.63) is 63.7 Å². The topological polar surface area (TPSA) is 91.4 Å². The quantitative estimate of drug-likeness (QED) is 0.518. The molecule has 8 heteroatoms. The van der Waals surface area contributed by atoms with Gasteiger partial charge in [0.15, 0.2) is 11.2 Å². The Hall–Kier alpha value is -3.55. The molecule has 0 N–H and O–H groups in total. The van der Waals surface area contributed by atoms with Crippen LogP contribution in [0.3, 0.4) is 0 Å². The van der Waals surface area contributed by atoms with Crippen molar-refractivity contribution in [2.45, 2.75) is 20.8 Å². The third-order valence-corrected chi connectivity index (χ3v) is 4.24. The standard InChI is InChI=1S/C19H17N5O3/c1-4-27-19(26)14-10-20-24-15-5-6-23(13-8-11(2)7-12(3)9-13)18(25)16(15)21-22-17(14)24/h5-10H,4H2,1-3H3. The molecule has 0 aliphatic carbocycles. The first kappa shape index (κ1) is 16.9. The van der Waals surface area contributed by atoms with Crippen molar-refractivity contribution in [3.63, 3.8) is 0 Å². The second kappa shape index (κ2) is 6.31. The third-order valence-electron chi connectivity index (χ3n) is 4.24. The van der Waals surface area contributed by atoms with Crippen LogP contribution in [0.15, 0.2) is 41.5 Å². The van der Waals surface area contributed by atoms with Crippen LogP contribution in [-0.4, -0.2) is 37.0 Å². The molecule has 3 aromatic heterocycles. The van der Waals surface area contributed by atoms with Crippen LogP contribution in [0, 0.1) is 13.8 Å². The van der Waals surface area contributed by atoms with Gasteiger partial charge in [-0.3, -0.25) is 9.36 Å². The third kappa shape index (κ3) is 2.75. The minimum absolute atomic E-state index is 0.169. The van der Waals surface area contributed by atoms with Gasteiger partial charge in [0, 0.05) is 11.9 Å². The van der Waals surface area contributed by atoms with E-state index in [1.54, 1.807) is 19.2 Å². The van der Waals surface area contributed by atoms with Gasteiger partial charge < -0.3 is 4.74 Å². The highest BCUT2D eigenvalue weighted by molar-refractivity contribution is 5.96. The van der Waals surface area contributed by atoms with E-state index < -0.39 is 5.97 Å². The number of carbonyl (C=O) groups excluding carboxylic acids is 1. The second-order valence-electron chi connectivity index (χ2n) is 6.28. The monoisotopic (exact) mass is 363 g/mol. The summed E-state index contributed by atoms with van der Waals surface area (Å²) in [6.07, 6.45) is 3.04. The molecule has 27 heavy (non-hydrogen) atoms. The van der Waals surface area contributed by atoms with Gasteiger partial charge in [0.2, 0.25) is 0 Å². The van der Waals surface area contributed by atoms with Crippen LogP contribution in [0.25, 0.3) is 22.4 Å². The van der Waals surface area contributed by atoms with E-state index in [0.717, 1.165) is 16.8 Å². The number of carbonyl (C=O) groups is 1. The zero-order valence-corrected chi connectivity index (χ0v) is 15.1. The Balaban J connectivity index is 1.93. The van der Waals surface area contributed by atoms with Crippen molar-refractivity contribution < 1.29 is 9.53 Å². The predicted molar refractivity (Wildman–Crippen MR) is 99.3 cm³/mol. The van der Waals surface area contributed by atoms with E-state index in [4.69, 9.17) is 4.74 Å². The predicted octanol–water partition coefficient (Wildman–Crippen LogP) is 2.22. The molecule has 0 aliphatic heterocycles. The Labute approximate surface area is 154 Å². The number of benzene rings is 1. The Morgan fingerprint density at radius 1 is 1.15 bits per heavy atom. The van der Waals surface area contributed by atoms with Crippen molar-refractivity contribution >= 4 is 22.6 Å². The molecule has 1 aromatic carbocycles. The van der Waals surface area contributed by atoms with Gasteiger partial charge in [-0.1, -0.05) is 6.07 Å². The molecule has 0 aliphatic rings. The number of aryl methyl sites for hydroxylation is 2. The summed E-state index contributed by atoms with van der Waals surface area (Å²) in [4.78, 5) is 25.0. The van der Waals surface area contributed by atoms with Crippen LogP contribution in [-0.2, 0) is 4.74 Å². The Morgan fingerprint density at radius 2 is 1.89 bits per heavy atom. The molecule has 0 bridgehead atoms. The summed E-state index contributed by atoms with van der Waals surface area (Å²) in [6.45, 7) is 5.93. The molecule has 0 atom stereocenters. The van der Waals surface area contributed by atoms with E-state index in [0.29, 0.717) is 5.52 Å². The molecule has 8 nitrogen and oxygen atoms in total. The molecule has 0 saturated carbocycles. The van der Waals surface area contributed by atoms with Crippen LogP contribution in [0.1, 0.15) is 28.4 Å². The lowest BCUT2D eigenvalue weighted by molar-refractivity contribution is 0.0528. The van der Waals surface area contributed by atoms with Crippen molar-refractivity contribution in [2.75, 3.05) is 6.61 Å². The van der Waals surface area contributed by atoms with Crippen molar-refractivity contribution in [1.29, 1.82) is 0 Å². The number of hydrogen-bond acceptors (Lipinski definition) is 6. The van der Waals surface area contributed by atoms with Crippen LogP contribution in [0.5, 0.6) is 0 Å². The summed E-state index contributed by atoms with van der Waals surface area (Å²) in [5.74, 6) is -0.523. The number of nitrogens with zero attached hydrogens (tertiary/aromatic N) is 5. The van der Waals surface area contributed by atoms with Gasteiger partial charge >= 0.3 is 5.97 Å². The molecular formula is C19H17N5O3. The van der Waals surface area contributed by atoms with E-state index in [-0.39, 0.29) is 28.9 Å². The normalized spacial score (nSPS) is 11.2. The highest BCUT2D eigenvalue weighted by Gasteiger charge is 2.18. The molecule has 3 heterocycles. The Bertz CT molecular complexity index is 1240. The van der Waals surface area contributed by atoms with Crippen LogP contribution in [0.4, 0.5) is 0 Å². The van der Waals surface area contributed by atoms with Crippen molar-refractivity contribution in [3.8, 4) is 5.69 Å². The summed E-state index contributed by atoms with van der Waals surface area (Å²) in [5, 5.41) is 12.3. The lowest BCUT2D eigenvalue weighted by Crippen LogP contribution is -2.20. The zero-order valence-electron chi connectivity index (χ0n) is 15.1. The summed E-state index contributed by atoms with van der Waals surface area (Å²) in [5.41, 5.74) is 3.68. The fourth-order valence-corrected chi connectivity index (χ4v) is 3.14. The molecule has 0 spiro atoms. The number of ether oxygens (including phenoxy) is 1. The average molecular weight is 363 g/mol. The van der Waals surface area contributed by atoms with Gasteiger partial charge in [-0.25, -0.2) is 9.31 Å². The van der Waals surface area contributed by atoms with Gasteiger partial charge in [0.05, 0.1) is 12.8 Å². The Kier molecular flexibility index (Phi) is 3.95. The second-order valence-corrected chi connectivity index (χ2v) is 6.28. The molecule has 0 saturated heterocycles.